The van der Waals surface area contributed by atoms with Gasteiger partial charge in [0, 0.05) is 10.5 Å². The molecule has 1 saturated carbocycles. The average molecular weight is 350 g/mol. The molecule has 0 heterocycles. The Bertz CT molecular complexity index is 453. The van der Waals surface area contributed by atoms with Crippen LogP contribution in [0, 0.1) is 5.92 Å². The molecule has 1 nitrogen and oxygen atoms in total. The number of alkyl halides is 3. The Morgan fingerprint density at radius 2 is 1.95 bits per heavy atom. The third kappa shape index (κ3) is 3.55. The van der Waals surface area contributed by atoms with Crippen LogP contribution in [0.3, 0.4) is 0 Å². The van der Waals surface area contributed by atoms with E-state index in [1.807, 2.05) is 6.92 Å². The van der Waals surface area contributed by atoms with Crippen molar-refractivity contribution in [3.63, 3.8) is 0 Å². The van der Waals surface area contributed by atoms with Gasteiger partial charge in [0.1, 0.15) is 0 Å². The summed E-state index contributed by atoms with van der Waals surface area (Å²) in [4.78, 5) is 0. The zero-order valence-corrected chi connectivity index (χ0v) is 13.0. The molecule has 1 aromatic carbocycles. The summed E-state index contributed by atoms with van der Waals surface area (Å²) in [6, 6.07) is 4.30. The van der Waals surface area contributed by atoms with Crippen molar-refractivity contribution in [2.75, 3.05) is 6.54 Å². The van der Waals surface area contributed by atoms with E-state index in [-0.39, 0.29) is 6.04 Å². The molecule has 0 radical (unpaired) electrons. The van der Waals surface area contributed by atoms with Gasteiger partial charge >= 0.3 is 6.18 Å². The van der Waals surface area contributed by atoms with Crippen LogP contribution < -0.4 is 5.32 Å². The predicted octanol–water partition coefficient (Wildman–Crippen LogP) is 5.31. The zero-order valence-electron chi connectivity index (χ0n) is 11.4. The van der Waals surface area contributed by atoms with Gasteiger partial charge in [-0.3, -0.25) is 0 Å². The molecule has 1 unspecified atom stereocenters. The summed E-state index contributed by atoms with van der Waals surface area (Å²) in [5.74, 6) is 0.303. The lowest BCUT2D eigenvalue weighted by atomic mass is 9.88. The molecule has 20 heavy (non-hydrogen) atoms. The second-order valence-electron chi connectivity index (χ2n) is 5.31. The molecule has 0 bridgehead atoms. The highest BCUT2D eigenvalue weighted by Gasteiger charge is 2.37. The van der Waals surface area contributed by atoms with Crippen molar-refractivity contribution in [1.29, 1.82) is 0 Å². The summed E-state index contributed by atoms with van der Waals surface area (Å²) in [5, 5.41) is 3.26. The SMILES string of the molecule is CCNC(c1ccc(Br)cc1C(F)(F)F)C1CCCC1. The molecule has 1 aliphatic carbocycles. The summed E-state index contributed by atoms with van der Waals surface area (Å²) < 4.78 is 40.3. The van der Waals surface area contributed by atoms with E-state index in [4.69, 9.17) is 0 Å². The van der Waals surface area contributed by atoms with Gasteiger partial charge in [0.25, 0.3) is 0 Å². The van der Waals surface area contributed by atoms with E-state index < -0.39 is 11.7 Å². The molecule has 1 aliphatic rings. The van der Waals surface area contributed by atoms with Crippen LogP contribution in [0.25, 0.3) is 0 Å². The van der Waals surface area contributed by atoms with Gasteiger partial charge in [-0.2, -0.15) is 13.2 Å². The van der Waals surface area contributed by atoms with Gasteiger partial charge in [0.2, 0.25) is 0 Å². The minimum absolute atomic E-state index is 0.202. The van der Waals surface area contributed by atoms with E-state index in [9.17, 15) is 13.2 Å². The van der Waals surface area contributed by atoms with Crippen LogP contribution in [-0.2, 0) is 6.18 Å². The topological polar surface area (TPSA) is 12.0 Å². The van der Waals surface area contributed by atoms with E-state index in [0.29, 0.717) is 22.5 Å². The largest absolute Gasteiger partial charge is 0.416 e. The molecule has 112 valence electrons. The quantitative estimate of drug-likeness (QED) is 0.776. The monoisotopic (exact) mass is 349 g/mol. The van der Waals surface area contributed by atoms with Crippen molar-refractivity contribution >= 4 is 15.9 Å². The molecule has 2 rings (SSSR count). The molecular formula is C15H19BrF3N. The molecule has 0 amide bonds. The molecule has 0 spiro atoms. The van der Waals surface area contributed by atoms with Crippen molar-refractivity contribution in [2.45, 2.75) is 44.8 Å². The van der Waals surface area contributed by atoms with Crippen molar-refractivity contribution in [3.8, 4) is 0 Å². The Kier molecular flexibility index (Phi) is 5.13. The zero-order chi connectivity index (χ0) is 14.8. The van der Waals surface area contributed by atoms with Crippen molar-refractivity contribution in [1.82, 2.24) is 5.32 Å². The Morgan fingerprint density at radius 1 is 1.30 bits per heavy atom. The summed E-state index contributed by atoms with van der Waals surface area (Å²) >= 11 is 3.14. The van der Waals surface area contributed by atoms with E-state index in [1.165, 1.54) is 6.07 Å². The summed E-state index contributed by atoms with van der Waals surface area (Å²) in [5.41, 5.74) is -0.140. The second-order valence-corrected chi connectivity index (χ2v) is 6.22. The number of hydrogen-bond acceptors (Lipinski definition) is 1. The minimum Gasteiger partial charge on any atom is -0.310 e. The van der Waals surface area contributed by atoms with Crippen molar-refractivity contribution in [3.05, 3.63) is 33.8 Å². The second kappa shape index (κ2) is 6.48. The molecule has 1 atom stereocenters. The Labute approximate surface area is 126 Å². The van der Waals surface area contributed by atoms with E-state index in [1.54, 1.807) is 12.1 Å². The van der Waals surface area contributed by atoms with Gasteiger partial charge in [0.15, 0.2) is 0 Å². The van der Waals surface area contributed by atoms with Crippen LogP contribution in [0.2, 0.25) is 0 Å². The van der Waals surface area contributed by atoms with Crippen molar-refractivity contribution in [2.24, 2.45) is 5.92 Å². The smallest absolute Gasteiger partial charge is 0.310 e. The molecule has 5 heteroatoms. The Balaban J connectivity index is 2.41. The van der Waals surface area contributed by atoms with Gasteiger partial charge < -0.3 is 5.32 Å². The van der Waals surface area contributed by atoms with Gasteiger partial charge in [-0.1, -0.05) is 41.8 Å². The summed E-state index contributed by atoms with van der Waals surface area (Å²) in [6.45, 7) is 2.61. The standard InChI is InChI=1S/C15H19BrF3N/c1-2-20-14(10-5-3-4-6-10)12-8-7-11(16)9-13(12)15(17,18)19/h7-10,14,20H,2-6H2,1H3. The van der Waals surface area contributed by atoms with Crippen LogP contribution in [0.5, 0.6) is 0 Å². The molecule has 1 fully saturated rings. The maximum absolute atomic E-state index is 13.3. The fraction of sp³-hybridized carbons (Fsp3) is 0.600. The molecule has 0 aliphatic heterocycles. The number of halogens is 4. The summed E-state index contributed by atoms with van der Waals surface area (Å²) in [6.07, 6.45) is -0.0731. The lowest BCUT2D eigenvalue weighted by Crippen LogP contribution is -2.29. The molecule has 0 aromatic heterocycles. The number of nitrogens with one attached hydrogen (secondary N) is 1. The van der Waals surface area contributed by atoms with Crippen LogP contribution in [0.4, 0.5) is 13.2 Å². The highest BCUT2D eigenvalue weighted by molar-refractivity contribution is 9.10. The highest BCUT2D eigenvalue weighted by atomic mass is 79.9. The first kappa shape index (κ1) is 15.8. The van der Waals surface area contributed by atoms with Crippen LogP contribution >= 0.6 is 15.9 Å². The first-order chi connectivity index (χ1) is 9.43. The van der Waals surface area contributed by atoms with E-state index >= 15 is 0 Å². The Hall–Kier alpha value is -0.550. The minimum atomic E-state index is -4.31. The highest BCUT2D eigenvalue weighted by Crippen LogP contribution is 2.42. The fourth-order valence-electron chi connectivity index (χ4n) is 3.09. The van der Waals surface area contributed by atoms with E-state index in [0.717, 1.165) is 25.7 Å². The third-order valence-corrected chi connectivity index (χ3v) is 4.44. The number of rotatable bonds is 4. The lowest BCUT2D eigenvalue weighted by Gasteiger charge is -2.27. The van der Waals surface area contributed by atoms with Crippen molar-refractivity contribution < 1.29 is 13.2 Å². The molecule has 1 N–H and O–H groups in total. The normalized spacial score (nSPS) is 18.4. The van der Waals surface area contributed by atoms with Gasteiger partial charge in [-0.15, -0.1) is 0 Å². The van der Waals surface area contributed by atoms with Crippen LogP contribution in [0.15, 0.2) is 22.7 Å². The van der Waals surface area contributed by atoms with Gasteiger partial charge in [0.05, 0.1) is 5.56 Å². The first-order valence-electron chi connectivity index (χ1n) is 7.03. The third-order valence-electron chi connectivity index (χ3n) is 3.95. The molecular weight excluding hydrogens is 331 g/mol. The first-order valence-corrected chi connectivity index (χ1v) is 7.82. The lowest BCUT2D eigenvalue weighted by molar-refractivity contribution is -0.138. The summed E-state index contributed by atoms with van der Waals surface area (Å²) in [7, 11) is 0. The number of benzene rings is 1. The maximum Gasteiger partial charge on any atom is 0.416 e. The number of hydrogen-bond donors (Lipinski definition) is 1. The van der Waals surface area contributed by atoms with E-state index in [2.05, 4.69) is 21.2 Å². The maximum atomic E-state index is 13.3. The van der Waals surface area contributed by atoms with Gasteiger partial charge in [-0.05, 0) is 43.0 Å². The van der Waals surface area contributed by atoms with Crippen LogP contribution in [0.1, 0.15) is 49.8 Å². The van der Waals surface area contributed by atoms with Gasteiger partial charge in [-0.25, -0.2) is 0 Å². The fourth-order valence-corrected chi connectivity index (χ4v) is 3.45. The predicted molar refractivity (Wildman–Crippen MR) is 77.5 cm³/mol. The average Bonchev–Trinajstić information content (AvgIpc) is 2.89. The van der Waals surface area contributed by atoms with Crippen LogP contribution in [-0.4, -0.2) is 6.54 Å². The molecule has 0 saturated heterocycles. The Morgan fingerprint density at radius 3 is 2.50 bits per heavy atom. The molecule has 1 aromatic rings.